The van der Waals surface area contributed by atoms with Crippen LogP contribution in [0.3, 0.4) is 0 Å². The number of nitrogens with two attached hydrogens (primary N) is 1. The molecule has 1 heterocycles. The van der Waals surface area contributed by atoms with Crippen molar-refractivity contribution in [3.63, 3.8) is 0 Å². The minimum absolute atomic E-state index is 0.417. The highest BCUT2D eigenvalue weighted by Crippen LogP contribution is 1.86. The van der Waals surface area contributed by atoms with Crippen LogP contribution in [0.2, 0.25) is 0 Å². The third kappa shape index (κ3) is 1.24. The standard InChI is InChI=1S/C4H6N4S/c5-8-4(9)3-6-1-2-7-3/h1-2H,5H2,(H,6,7)(H,8,9). The quantitative estimate of drug-likeness (QED) is 0.282. The van der Waals surface area contributed by atoms with Crippen LogP contribution in [0.1, 0.15) is 5.82 Å². The molecule has 5 heteroatoms. The Morgan fingerprint density at radius 1 is 1.89 bits per heavy atom. The summed E-state index contributed by atoms with van der Waals surface area (Å²) in [6.45, 7) is 0. The molecule has 0 aromatic carbocycles. The van der Waals surface area contributed by atoms with Gasteiger partial charge in [-0.25, -0.2) is 10.8 Å². The average Bonchev–Trinajstić information content (AvgIpc) is 2.37. The molecular weight excluding hydrogens is 136 g/mol. The summed E-state index contributed by atoms with van der Waals surface area (Å²) < 4.78 is 0. The van der Waals surface area contributed by atoms with E-state index in [9.17, 15) is 0 Å². The monoisotopic (exact) mass is 142 g/mol. The summed E-state index contributed by atoms with van der Waals surface area (Å²) in [6, 6.07) is 0. The first-order chi connectivity index (χ1) is 4.34. The van der Waals surface area contributed by atoms with Crippen molar-refractivity contribution in [2.24, 2.45) is 5.84 Å². The molecule has 0 saturated heterocycles. The highest BCUT2D eigenvalue weighted by atomic mass is 32.1. The van der Waals surface area contributed by atoms with Gasteiger partial charge in [-0.3, -0.25) is 0 Å². The zero-order valence-electron chi connectivity index (χ0n) is 4.59. The van der Waals surface area contributed by atoms with Gasteiger partial charge in [0, 0.05) is 12.4 Å². The Morgan fingerprint density at radius 3 is 3.11 bits per heavy atom. The van der Waals surface area contributed by atoms with Crippen LogP contribution >= 0.6 is 12.2 Å². The fourth-order valence-corrected chi connectivity index (χ4v) is 0.569. The van der Waals surface area contributed by atoms with E-state index < -0.39 is 0 Å². The smallest absolute Gasteiger partial charge is 0.166 e. The number of nitrogens with zero attached hydrogens (tertiary/aromatic N) is 1. The Kier molecular flexibility index (Phi) is 1.76. The van der Waals surface area contributed by atoms with Gasteiger partial charge in [-0.2, -0.15) is 0 Å². The largest absolute Gasteiger partial charge is 0.343 e. The van der Waals surface area contributed by atoms with Gasteiger partial charge < -0.3 is 10.4 Å². The Hall–Kier alpha value is -0.940. The number of rotatable bonds is 1. The van der Waals surface area contributed by atoms with Gasteiger partial charge in [0.2, 0.25) is 0 Å². The van der Waals surface area contributed by atoms with E-state index in [0.29, 0.717) is 10.8 Å². The van der Waals surface area contributed by atoms with E-state index in [-0.39, 0.29) is 0 Å². The van der Waals surface area contributed by atoms with Crippen LogP contribution in [-0.2, 0) is 0 Å². The van der Waals surface area contributed by atoms with Crippen molar-refractivity contribution in [1.29, 1.82) is 0 Å². The van der Waals surface area contributed by atoms with Crippen molar-refractivity contribution in [3.05, 3.63) is 18.2 Å². The number of hydrogen-bond donors (Lipinski definition) is 3. The van der Waals surface area contributed by atoms with Crippen LogP contribution in [-0.4, -0.2) is 15.0 Å². The third-order valence-corrected chi connectivity index (χ3v) is 1.16. The van der Waals surface area contributed by atoms with E-state index in [0.717, 1.165) is 0 Å². The summed E-state index contributed by atoms with van der Waals surface area (Å²) in [5.41, 5.74) is 2.31. The Bertz CT molecular complexity index is 192. The van der Waals surface area contributed by atoms with E-state index in [1.165, 1.54) is 0 Å². The SMILES string of the molecule is NNC(=S)c1ncc[nH]1. The van der Waals surface area contributed by atoms with Gasteiger partial charge in [-0.1, -0.05) is 12.2 Å². The second kappa shape index (κ2) is 2.56. The van der Waals surface area contributed by atoms with Crippen molar-refractivity contribution in [2.45, 2.75) is 0 Å². The molecule has 9 heavy (non-hydrogen) atoms. The molecule has 0 saturated carbocycles. The molecule has 0 unspecified atom stereocenters. The van der Waals surface area contributed by atoms with Gasteiger partial charge in [0.25, 0.3) is 0 Å². The number of aromatic nitrogens is 2. The third-order valence-electron chi connectivity index (χ3n) is 0.844. The van der Waals surface area contributed by atoms with Crippen molar-refractivity contribution >= 4 is 17.2 Å². The molecule has 0 fully saturated rings. The molecule has 0 aliphatic rings. The van der Waals surface area contributed by atoms with Crippen LogP contribution < -0.4 is 11.3 Å². The molecule has 0 spiro atoms. The molecule has 4 N–H and O–H groups in total. The lowest BCUT2D eigenvalue weighted by Crippen LogP contribution is -2.29. The Balaban J connectivity index is 2.77. The number of nitrogens with one attached hydrogen (secondary N) is 2. The van der Waals surface area contributed by atoms with Crippen molar-refractivity contribution in [2.75, 3.05) is 0 Å². The molecule has 0 aliphatic heterocycles. The van der Waals surface area contributed by atoms with Gasteiger partial charge in [0.15, 0.2) is 10.8 Å². The van der Waals surface area contributed by atoms with Crippen molar-refractivity contribution in [1.82, 2.24) is 15.4 Å². The molecule has 0 atom stereocenters. The summed E-state index contributed by atoms with van der Waals surface area (Å²) in [4.78, 5) is 7.06. The minimum Gasteiger partial charge on any atom is -0.343 e. The molecule has 48 valence electrons. The zero-order chi connectivity index (χ0) is 6.69. The molecule has 0 aliphatic carbocycles. The number of aromatic amines is 1. The van der Waals surface area contributed by atoms with Crippen LogP contribution in [0.4, 0.5) is 0 Å². The molecule has 1 rings (SSSR count). The number of hydrogen-bond acceptors (Lipinski definition) is 3. The first-order valence-electron chi connectivity index (χ1n) is 2.35. The lowest BCUT2D eigenvalue weighted by molar-refractivity contribution is 1.03. The summed E-state index contributed by atoms with van der Waals surface area (Å²) in [6.07, 6.45) is 3.29. The van der Waals surface area contributed by atoms with E-state index >= 15 is 0 Å². The second-order valence-electron chi connectivity index (χ2n) is 1.41. The highest BCUT2D eigenvalue weighted by molar-refractivity contribution is 7.80. The number of imidazole rings is 1. The summed E-state index contributed by atoms with van der Waals surface area (Å²) in [5.74, 6) is 5.60. The van der Waals surface area contributed by atoms with Gasteiger partial charge >= 0.3 is 0 Å². The van der Waals surface area contributed by atoms with E-state index in [1.54, 1.807) is 12.4 Å². The van der Waals surface area contributed by atoms with E-state index in [2.05, 4.69) is 15.4 Å². The van der Waals surface area contributed by atoms with Crippen LogP contribution in [0.25, 0.3) is 0 Å². The van der Waals surface area contributed by atoms with E-state index in [4.69, 9.17) is 18.1 Å². The average molecular weight is 142 g/mol. The van der Waals surface area contributed by atoms with Gasteiger partial charge in [-0.05, 0) is 0 Å². The topological polar surface area (TPSA) is 66.7 Å². The summed E-state index contributed by atoms with van der Waals surface area (Å²) in [5, 5.41) is 0. The van der Waals surface area contributed by atoms with Gasteiger partial charge in [0.05, 0.1) is 0 Å². The lowest BCUT2D eigenvalue weighted by Gasteiger charge is -1.94. The maximum Gasteiger partial charge on any atom is 0.166 e. The normalized spacial score (nSPS) is 9.00. The highest BCUT2D eigenvalue weighted by Gasteiger charge is 1.97. The molecule has 1 aromatic heterocycles. The van der Waals surface area contributed by atoms with E-state index in [1.807, 2.05) is 0 Å². The molecule has 0 bridgehead atoms. The molecule has 0 radical (unpaired) electrons. The summed E-state index contributed by atoms with van der Waals surface area (Å²) >= 11 is 4.75. The second-order valence-corrected chi connectivity index (χ2v) is 1.82. The Morgan fingerprint density at radius 2 is 2.67 bits per heavy atom. The number of hydrazine groups is 1. The minimum atomic E-state index is 0.417. The fourth-order valence-electron chi connectivity index (χ4n) is 0.458. The molecule has 0 amide bonds. The van der Waals surface area contributed by atoms with Crippen LogP contribution in [0.5, 0.6) is 0 Å². The molecule has 4 nitrogen and oxygen atoms in total. The Labute approximate surface area is 57.4 Å². The van der Waals surface area contributed by atoms with Crippen LogP contribution in [0.15, 0.2) is 12.4 Å². The zero-order valence-corrected chi connectivity index (χ0v) is 5.40. The lowest BCUT2D eigenvalue weighted by atomic mass is 10.6. The first kappa shape index (κ1) is 6.18. The van der Waals surface area contributed by atoms with Gasteiger partial charge in [-0.15, -0.1) is 0 Å². The first-order valence-corrected chi connectivity index (χ1v) is 2.75. The fraction of sp³-hybridized carbons (Fsp3) is 0. The summed E-state index contributed by atoms with van der Waals surface area (Å²) in [7, 11) is 0. The maximum atomic E-state index is 5.01. The number of thiocarbonyl (C=S) groups is 1. The van der Waals surface area contributed by atoms with Gasteiger partial charge in [0.1, 0.15) is 0 Å². The molecule has 1 aromatic rings. The predicted octanol–water partition coefficient (Wildman–Crippen LogP) is -0.452. The van der Waals surface area contributed by atoms with Crippen molar-refractivity contribution in [3.8, 4) is 0 Å². The maximum absolute atomic E-state index is 5.01. The predicted molar refractivity (Wildman–Crippen MR) is 37.6 cm³/mol. The van der Waals surface area contributed by atoms with Crippen LogP contribution in [0, 0.1) is 0 Å². The molecular formula is C4H6N4S. The number of H-pyrrole nitrogens is 1. The van der Waals surface area contributed by atoms with Crippen molar-refractivity contribution < 1.29 is 0 Å².